The summed E-state index contributed by atoms with van der Waals surface area (Å²) in [5.41, 5.74) is 11.6. The van der Waals surface area contributed by atoms with Gasteiger partial charge in [0.15, 0.2) is 5.82 Å². The molecule has 0 amide bonds. The Labute approximate surface area is 107 Å². The van der Waals surface area contributed by atoms with E-state index in [9.17, 15) is 4.39 Å². The molecule has 0 atom stereocenters. The molecule has 1 heterocycles. The van der Waals surface area contributed by atoms with Crippen molar-refractivity contribution in [2.75, 3.05) is 11.5 Å². The second kappa shape index (κ2) is 4.81. The molecule has 88 valence electrons. The van der Waals surface area contributed by atoms with Crippen LogP contribution < -0.4 is 11.5 Å². The SMILES string of the molecule is Nc1cc(N)c(Sc2ccncc2)c(F)c1Cl. The van der Waals surface area contributed by atoms with Gasteiger partial charge in [-0.1, -0.05) is 23.4 Å². The summed E-state index contributed by atoms with van der Waals surface area (Å²) >= 11 is 6.92. The van der Waals surface area contributed by atoms with E-state index in [1.807, 2.05) is 0 Å². The summed E-state index contributed by atoms with van der Waals surface area (Å²) in [4.78, 5) is 4.98. The topological polar surface area (TPSA) is 64.9 Å². The van der Waals surface area contributed by atoms with Crippen LogP contribution in [0.15, 0.2) is 40.4 Å². The maximum absolute atomic E-state index is 13.9. The van der Waals surface area contributed by atoms with Crippen molar-refractivity contribution in [2.45, 2.75) is 9.79 Å². The number of benzene rings is 1. The van der Waals surface area contributed by atoms with Crippen molar-refractivity contribution in [1.82, 2.24) is 4.98 Å². The van der Waals surface area contributed by atoms with Crippen LogP contribution >= 0.6 is 23.4 Å². The molecule has 2 aromatic rings. The highest BCUT2D eigenvalue weighted by molar-refractivity contribution is 7.99. The standard InChI is InChI=1S/C11H9ClFN3S/c12-9-7(14)5-8(15)11(10(9)13)17-6-1-3-16-4-2-6/h1-5H,14-15H2. The van der Waals surface area contributed by atoms with E-state index in [0.29, 0.717) is 0 Å². The van der Waals surface area contributed by atoms with E-state index < -0.39 is 5.82 Å². The third kappa shape index (κ3) is 2.45. The number of hydrogen-bond donors (Lipinski definition) is 2. The Hall–Kier alpha value is -1.46. The lowest BCUT2D eigenvalue weighted by atomic mass is 10.3. The fourth-order valence-electron chi connectivity index (χ4n) is 1.28. The van der Waals surface area contributed by atoms with Gasteiger partial charge in [0.1, 0.15) is 5.02 Å². The summed E-state index contributed by atoms with van der Waals surface area (Å²) < 4.78 is 13.9. The molecule has 2 rings (SSSR count). The Morgan fingerprint density at radius 2 is 1.82 bits per heavy atom. The van der Waals surface area contributed by atoms with Gasteiger partial charge in [-0.3, -0.25) is 4.98 Å². The molecule has 0 unspecified atom stereocenters. The lowest BCUT2D eigenvalue weighted by molar-refractivity contribution is 0.604. The van der Waals surface area contributed by atoms with E-state index in [-0.39, 0.29) is 21.3 Å². The van der Waals surface area contributed by atoms with Gasteiger partial charge in [-0.15, -0.1) is 0 Å². The number of pyridine rings is 1. The minimum atomic E-state index is -0.592. The first kappa shape index (κ1) is 12.0. The molecule has 0 fully saturated rings. The smallest absolute Gasteiger partial charge is 0.159 e. The molecule has 3 nitrogen and oxygen atoms in total. The van der Waals surface area contributed by atoms with Gasteiger partial charge in [-0.05, 0) is 18.2 Å². The highest BCUT2D eigenvalue weighted by Gasteiger charge is 2.15. The Morgan fingerprint density at radius 3 is 2.47 bits per heavy atom. The van der Waals surface area contributed by atoms with E-state index in [0.717, 1.165) is 4.90 Å². The Bertz CT molecular complexity index is 548. The highest BCUT2D eigenvalue weighted by atomic mass is 35.5. The van der Waals surface area contributed by atoms with E-state index in [2.05, 4.69) is 4.98 Å². The number of anilines is 2. The molecule has 0 spiro atoms. The number of nitrogen functional groups attached to an aromatic ring is 2. The van der Waals surface area contributed by atoms with Crippen LogP contribution in [0.2, 0.25) is 5.02 Å². The summed E-state index contributed by atoms with van der Waals surface area (Å²) in [5, 5.41) is -0.101. The van der Waals surface area contributed by atoms with Crippen LogP contribution in [0.25, 0.3) is 0 Å². The molecule has 4 N–H and O–H groups in total. The zero-order valence-corrected chi connectivity index (χ0v) is 10.2. The van der Waals surface area contributed by atoms with Crippen molar-refractivity contribution in [3.8, 4) is 0 Å². The third-order valence-electron chi connectivity index (χ3n) is 2.09. The summed E-state index contributed by atoms with van der Waals surface area (Å²) in [6.07, 6.45) is 3.24. The van der Waals surface area contributed by atoms with Gasteiger partial charge in [0, 0.05) is 17.3 Å². The number of halogens is 2. The monoisotopic (exact) mass is 269 g/mol. The minimum absolute atomic E-state index is 0.101. The molecule has 1 aromatic carbocycles. The van der Waals surface area contributed by atoms with Crippen molar-refractivity contribution >= 4 is 34.7 Å². The molecule has 0 saturated carbocycles. The zero-order chi connectivity index (χ0) is 12.4. The van der Waals surface area contributed by atoms with Crippen LogP contribution in [0.4, 0.5) is 15.8 Å². The highest BCUT2D eigenvalue weighted by Crippen LogP contribution is 2.39. The lowest BCUT2D eigenvalue weighted by Crippen LogP contribution is -1.98. The van der Waals surface area contributed by atoms with Gasteiger partial charge in [0.2, 0.25) is 0 Å². The largest absolute Gasteiger partial charge is 0.398 e. The fraction of sp³-hybridized carbons (Fsp3) is 0. The fourth-order valence-corrected chi connectivity index (χ4v) is 2.34. The van der Waals surface area contributed by atoms with Crippen molar-refractivity contribution in [2.24, 2.45) is 0 Å². The van der Waals surface area contributed by atoms with E-state index >= 15 is 0 Å². The summed E-state index contributed by atoms with van der Waals surface area (Å²) in [6.45, 7) is 0. The molecule has 17 heavy (non-hydrogen) atoms. The first-order chi connectivity index (χ1) is 8.09. The Morgan fingerprint density at radius 1 is 1.18 bits per heavy atom. The van der Waals surface area contributed by atoms with E-state index in [1.165, 1.54) is 17.8 Å². The van der Waals surface area contributed by atoms with Gasteiger partial charge >= 0.3 is 0 Å². The molecule has 6 heteroatoms. The normalized spacial score (nSPS) is 10.5. The van der Waals surface area contributed by atoms with Crippen LogP contribution in [0.1, 0.15) is 0 Å². The lowest BCUT2D eigenvalue weighted by Gasteiger charge is -2.09. The first-order valence-corrected chi connectivity index (χ1v) is 5.90. The molecular formula is C11H9ClFN3S. The zero-order valence-electron chi connectivity index (χ0n) is 8.65. The number of nitrogens with two attached hydrogens (primary N) is 2. The summed E-state index contributed by atoms with van der Waals surface area (Å²) in [5.74, 6) is -0.592. The quantitative estimate of drug-likeness (QED) is 0.822. The second-order valence-electron chi connectivity index (χ2n) is 3.30. The van der Waals surface area contributed by atoms with Gasteiger partial charge in [0.25, 0.3) is 0 Å². The predicted octanol–water partition coefficient (Wildman–Crippen LogP) is 3.19. The Kier molecular flexibility index (Phi) is 3.40. The van der Waals surface area contributed by atoms with Gasteiger partial charge < -0.3 is 11.5 Å². The van der Waals surface area contributed by atoms with Gasteiger partial charge in [-0.2, -0.15) is 0 Å². The maximum atomic E-state index is 13.9. The van der Waals surface area contributed by atoms with Crippen molar-refractivity contribution in [3.05, 3.63) is 41.4 Å². The molecule has 0 aliphatic rings. The maximum Gasteiger partial charge on any atom is 0.159 e. The average molecular weight is 270 g/mol. The van der Waals surface area contributed by atoms with Crippen LogP contribution in [-0.4, -0.2) is 4.98 Å². The Balaban J connectivity index is 2.43. The van der Waals surface area contributed by atoms with Crippen LogP contribution in [-0.2, 0) is 0 Å². The van der Waals surface area contributed by atoms with Crippen LogP contribution in [0.3, 0.4) is 0 Å². The number of aromatic nitrogens is 1. The average Bonchev–Trinajstić information content (AvgIpc) is 2.33. The number of rotatable bonds is 2. The third-order valence-corrected chi connectivity index (χ3v) is 3.60. The van der Waals surface area contributed by atoms with Crippen molar-refractivity contribution < 1.29 is 4.39 Å². The van der Waals surface area contributed by atoms with Crippen LogP contribution in [0, 0.1) is 5.82 Å². The summed E-state index contributed by atoms with van der Waals surface area (Å²) in [6, 6.07) is 4.97. The number of hydrogen-bond acceptors (Lipinski definition) is 4. The van der Waals surface area contributed by atoms with Crippen molar-refractivity contribution in [3.63, 3.8) is 0 Å². The van der Waals surface area contributed by atoms with Crippen LogP contribution in [0.5, 0.6) is 0 Å². The van der Waals surface area contributed by atoms with Crippen molar-refractivity contribution in [1.29, 1.82) is 0 Å². The number of nitrogens with zero attached hydrogens (tertiary/aromatic N) is 1. The molecule has 0 aliphatic carbocycles. The molecular weight excluding hydrogens is 261 g/mol. The first-order valence-electron chi connectivity index (χ1n) is 4.70. The second-order valence-corrected chi connectivity index (χ2v) is 4.76. The van der Waals surface area contributed by atoms with Gasteiger partial charge in [0.05, 0.1) is 16.3 Å². The van der Waals surface area contributed by atoms with Gasteiger partial charge in [-0.25, -0.2) is 4.39 Å². The molecule has 0 radical (unpaired) electrons. The minimum Gasteiger partial charge on any atom is -0.398 e. The molecule has 1 aromatic heterocycles. The predicted molar refractivity (Wildman–Crippen MR) is 68.6 cm³/mol. The molecule has 0 bridgehead atoms. The van der Waals surface area contributed by atoms with E-state index in [4.69, 9.17) is 23.1 Å². The van der Waals surface area contributed by atoms with E-state index in [1.54, 1.807) is 24.5 Å². The molecule has 0 aliphatic heterocycles. The molecule has 0 saturated heterocycles. The summed E-state index contributed by atoms with van der Waals surface area (Å²) in [7, 11) is 0.